The molecule has 3 aromatic rings. The number of amides is 1. The summed E-state index contributed by atoms with van der Waals surface area (Å²) in [7, 11) is 0. The minimum absolute atomic E-state index is 0.0299. The Morgan fingerprint density at radius 2 is 1.77 bits per heavy atom. The number of rotatable bonds is 5. The number of aromatic nitrogens is 1. The Labute approximate surface area is 155 Å². The van der Waals surface area contributed by atoms with Crippen LogP contribution in [0.1, 0.15) is 41.5 Å². The maximum atomic E-state index is 12.6. The van der Waals surface area contributed by atoms with Crippen LogP contribution < -0.4 is 9.54 Å². The molecule has 0 atom stereocenters. The second-order valence-electron chi connectivity index (χ2n) is 5.72. The first kappa shape index (κ1) is 18.1. The van der Waals surface area contributed by atoms with Crippen LogP contribution in [0.5, 0.6) is 5.75 Å². The summed E-state index contributed by atoms with van der Waals surface area (Å²) in [6, 6.07) is 12.4. The lowest BCUT2D eigenvalue weighted by Crippen LogP contribution is -2.16. The molecule has 1 heterocycles. The molecule has 0 fully saturated rings. The third-order valence-electron chi connectivity index (χ3n) is 4.02. The smallest absolute Gasteiger partial charge is 0.279 e. The first-order valence-corrected chi connectivity index (χ1v) is 9.32. The van der Waals surface area contributed by atoms with Crippen LogP contribution in [-0.4, -0.2) is 22.9 Å². The van der Waals surface area contributed by atoms with Crippen LogP contribution in [0.25, 0.3) is 10.2 Å². The van der Waals surface area contributed by atoms with Crippen molar-refractivity contribution in [2.75, 3.05) is 6.61 Å². The summed E-state index contributed by atoms with van der Waals surface area (Å²) in [5.74, 6) is 0.437. The fourth-order valence-corrected chi connectivity index (χ4v) is 3.86. The van der Waals surface area contributed by atoms with Crippen LogP contribution in [0.2, 0.25) is 0 Å². The van der Waals surface area contributed by atoms with Gasteiger partial charge in [-0.25, -0.2) is 0 Å². The summed E-state index contributed by atoms with van der Waals surface area (Å²) in [6.07, 6.45) is 0. The van der Waals surface area contributed by atoms with Crippen LogP contribution in [-0.2, 0) is 6.54 Å². The van der Waals surface area contributed by atoms with Gasteiger partial charge in [0.05, 0.1) is 11.3 Å². The molecule has 0 saturated carbocycles. The molecule has 3 rings (SSSR count). The van der Waals surface area contributed by atoms with Crippen molar-refractivity contribution in [1.29, 1.82) is 0 Å². The van der Waals surface area contributed by atoms with Gasteiger partial charge in [-0.1, -0.05) is 29.5 Å². The minimum Gasteiger partial charge on any atom is -0.492 e. The number of hydrogen-bond acceptors (Lipinski definition) is 4. The number of nitrogens with zero attached hydrogens (tertiary/aromatic N) is 2. The van der Waals surface area contributed by atoms with E-state index in [0.717, 1.165) is 16.0 Å². The molecule has 1 aromatic heterocycles. The van der Waals surface area contributed by atoms with Crippen LogP contribution in [0.3, 0.4) is 0 Å². The van der Waals surface area contributed by atoms with Crippen LogP contribution in [0.4, 0.5) is 0 Å². The molecule has 0 saturated heterocycles. The van der Waals surface area contributed by atoms with E-state index in [2.05, 4.69) is 4.99 Å². The topological polar surface area (TPSA) is 60.7 Å². The predicted molar refractivity (Wildman–Crippen MR) is 103 cm³/mol. The van der Waals surface area contributed by atoms with Crippen molar-refractivity contribution in [2.24, 2.45) is 4.99 Å². The fourth-order valence-electron chi connectivity index (χ4n) is 2.75. The third-order valence-corrected chi connectivity index (χ3v) is 5.06. The van der Waals surface area contributed by atoms with Crippen molar-refractivity contribution >= 4 is 33.2 Å². The van der Waals surface area contributed by atoms with Crippen molar-refractivity contribution in [3.05, 3.63) is 58.4 Å². The molecule has 0 bridgehead atoms. The van der Waals surface area contributed by atoms with Gasteiger partial charge in [-0.05, 0) is 45.0 Å². The number of hydrogen-bond donors (Lipinski definition) is 0. The van der Waals surface area contributed by atoms with Gasteiger partial charge in [0.1, 0.15) is 11.3 Å². The van der Waals surface area contributed by atoms with Gasteiger partial charge in [-0.2, -0.15) is 4.99 Å². The minimum atomic E-state index is -0.327. The van der Waals surface area contributed by atoms with E-state index >= 15 is 0 Å². The number of carbonyl (C=O) groups is 2. The first-order chi connectivity index (χ1) is 12.5. The van der Waals surface area contributed by atoms with Crippen molar-refractivity contribution in [3.8, 4) is 5.75 Å². The highest BCUT2D eigenvalue weighted by molar-refractivity contribution is 7.16. The SMILES string of the molecule is CCOc1cccc2sc(=NC(=O)c3ccc(C(C)=O)cc3)n(CC)c12. The first-order valence-electron chi connectivity index (χ1n) is 8.50. The number of aryl methyl sites for hydroxylation is 1. The molecule has 2 aromatic carbocycles. The lowest BCUT2D eigenvalue weighted by Gasteiger charge is -2.07. The molecule has 0 N–H and O–H groups in total. The van der Waals surface area contributed by atoms with Gasteiger partial charge in [0, 0.05) is 17.7 Å². The van der Waals surface area contributed by atoms with Crippen LogP contribution >= 0.6 is 11.3 Å². The Kier molecular flexibility index (Phi) is 5.32. The summed E-state index contributed by atoms with van der Waals surface area (Å²) >= 11 is 1.46. The highest BCUT2D eigenvalue weighted by Crippen LogP contribution is 2.27. The van der Waals surface area contributed by atoms with Gasteiger partial charge in [0.2, 0.25) is 0 Å². The van der Waals surface area contributed by atoms with Gasteiger partial charge in [0.25, 0.3) is 5.91 Å². The Bertz CT molecular complexity index is 1030. The number of benzene rings is 2. The number of thiazole rings is 1. The molecule has 134 valence electrons. The zero-order chi connectivity index (χ0) is 18.7. The second-order valence-corrected chi connectivity index (χ2v) is 6.72. The molecule has 26 heavy (non-hydrogen) atoms. The summed E-state index contributed by atoms with van der Waals surface area (Å²) in [5.41, 5.74) is 1.99. The fraction of sp³-hybridized carbons (Fsp3) is 0.250. The maximum Gasteiger partial charge on any atom is 0.279 e. The number of ether oxygens (including phenoxy) is 1. The van der Waals surface area contributed by atoms with Crippen molar-refractivity contribution < 1.29 is 14.3 Å². The Balaban J connectivity index is 2.07. The predicted octanol–water partition coefficient (Wildman–Crippen LogP) is 4.07. The van der Waals surface area contributed by atoms with Gasteiger partial charge in [0.15, 0.2) is 10.6 Å². The summed E-state index contributed by atoms with van der Waals surface area (Å²) in [5, 5.41) is 0. The Morgan fingerprint density at radius 1 is 1.08 bits per heavy atom. The van der Waals surface area contributed by atoms with Crippen molar-refractivity contribution in [2.45, 2.75) is 27.3 Å². The van der Waals surface area contributed by atoms with Crippen molar-refractivity contribution in [3.63, 3.8) is 0 Å². The number of Topliss-reactive ketones (excluding diaryl/α,β-unsaturated/α-hetero) is 1. The number of para-hydroxylation sites is 1. The third kappa shape index (κ3) is 3.46. The van der Waals surface area contributed by atoms with E-state index in [0.29, 0.717) is 29.1 Å². The molecule has 0 aliphatic heterocycles. The molecular formula is C20H20N2O3S. The maximum absolute atomic E-state index is 12.6. The molecule has 6 heteroatoms. The Morgan fingerprint density at radius 3 is 2.38 bits per heavy atom. The Hall–Kier alpha value is -2.73. The quantitative estimate of drug-likeness (QED) is 0.638. The van der Waals surface area contributed by atoms with E-state index in [1.165, 1.54) is 18.3 Å². The molecule has 0 unspecified atom stereocenters. The van der Waals surface area contributed by atoms with E-state index in [9.17, 15) is 9.59 Å². The summed E-state index contributed by atoms with van der Waals surface area (Å²) in [4.78, 5) is 28.9. The van der Waals surface area contributed by atoms with Gasteiger partial charge in [-0.3, -0.25) is 9.59 Å². The monoisotopic (exact) mass is 368 g/mol. The van der Waals surface area contributed by atoms with Gasteiger partial charge >= 0.3 is 0 Å². The normalized spacial score (nSPS) is 11.7. The molecular weight excluding hydrogens is 348 g/mol. The average Bonchev–Trinajstić information content (AvgIpc) is 3.00. The van der Waals surface area contributed by atoms with E-state index in [4.69, 9.17) is 4.74 Å². The number of fused-ring (bicyclic) bond motifs is 1. The molecule has 0 aliphatic rings. The largest absolute Gasteiger partial charge is 0.492 e. The highest BCUT2D eigenvalue weighted by Gasteiger charge is 2.12. The zero-order valence-electron chi connectivity index (χ0n) is 15.0. The summed E-state index contributed by atoms with van der Waals surface area (Å²) in [6.45, 7) is 6.71. The van der Waals surface area contributed by atoms with E-state index in [1.807, 2.05) is 36.6 Å². The average molecular weight is 368 g/mol. The van der Waals surface area contributed by atoms with E-state index in [1.54, 1.807) is 24.3 Å². The van der Waals surface area contributed by atoms with Crippen LogP contribution in [0.15, 0.2) is 47.5 Å². The number of carbonyl (C=O) groups excluding carboxylic acids is 2. The second kappa shape index (κ2) is 7.66. The molecule has 1 amide bonds. The van der Waals surface area contributed by atoms with Crippen molar-refractivity contribution in [1.82, 2.24) is 4.57 Å². The summed E-state index contributed by atoms with van der Waals surface area (Å²) < 4.78 is 8.74. The van der Waals surface area contributed by atoms with Crippen LogP contribution in [0, 0.1) is 0 Å². The standard InChI is InChI=1S/C20H20N2O3S/c1-4-22-18-16(25-5-2)7-6-8-17(18)26-20(22)21-19(24)15-11-9-14(10-12-15)13(3)23/h6-12H,4-5H2,1-3H3. The lowest BCUT2D eigenvalue weighted by atomic mass is 10.1. The zero-order valence-corrected chi connectivity index (χ0v) is 15.8. The highest BCUT2D eigenvalue weighted by atomic mass is 32.1. The van der Waals surface area contributed by atoms with Gasteiger partial charge in [-0.15, -0.1) is 0 Å². The molecule has 0 spiro atoms. The number of ketones is 1. The van der Waals surface area contributed by atoms with E-state index in [-0.39, 0.29) is 11.7 Å². The molecule has 0 aliphatic carbocycles. The molecule has 5 nitrogen and oxygen atoms in total. The van der Waals surface area contributed by atoms with E-state index < -0.39 is 0 Å². The van der Waals surface area contributed by atoms with Gasteiger partial charge < -0.3 is 9.30 Å². The lowest BCUT2D eigenvalue weighted by molar-refractivity contribution is 0.0991. The molecule has 0 radical (unpaired) electrons.